The highest BCUT2D eigenvalue weighted by Gasteiger charge is 2.14. The van der Waals surface area contributed by atoms with E-state index in [-0.39, 0.29) is 5.91 Å². The third kappa shape index (κ3) is 3.32. The molecule has 0 saturated carbocycles. The summed E-state index contributed by atoms with van der Waals surface area (Å²) >= 11 is 0. The molecule has 2 aliphatic heterocycles. The van der Waals surface area contributed by atoms with Crippen molar-refractivity contribution in [2.24, 2.45) is 5.92 Å². The van der Waals surface area contributed by atoms with Crippen LogP contribution in [0.3, 0.4) is 0 Å². The van der Waals surface area contributed by atoms with Crippen LogP contribution in [0.5, 0.6) is 0 Å². The SMILES string of the molecule is O=C(/C=C/C1CCCNC1)N1CCNCC1. The van der Waals surface area contributed by atoms with Crippen molar-refractivity contribution >= 4 is 5.91 Å². The van der Waals surface area contributed by atoms with Crippen LogP contribution >= 0.6 is 0 Å². The van der Waals surface area contributed by atoms with Crippen LogP contribution in [0.15, 0.2) is 12.2 Å². The van der Waals surface area contributed by atoms with Crippen molar-refractivity contribution in [2.45, 2.75) is 12.8 Å². The van der Waals surface area contributed by atoms with Gasteiger partial charge in [-0.2, -0.15) is 0 Å². The molecule has 0 aromatic rings. The highest BCUT2D eigenvalue weighted by Crippen LogP contribution is 2.11. The number of carbonyl (C=O) groups excluding carboxylic acids is 1. The van der Waals surface area contributed by atoms with E-state index in [2.05, 4.69) is 16.7 Å². The summed E-state index contributed by atoms with van der Waals surface area (Å²) in [5, 5.41) is 6.60. The number of rotatable bonds is 2. The molecular weight excluding hydrogens is 202 g/mol. The van der Waals surface area contributed by atoms with Gasteiger partial charge in [0.15, 0.2) is 0 Å². The molecule has 1 amide bonds. The van der Waals surface area contributed by atoms with Crippen LogP contribution in [0, 0.1) is 5.92 Å². The molecule has 0 aromatic carbocycles. The summed E-state index contributed by atoms with van der Waals surface area (Å²) in [7, 11) is 0. The highest BCUT2D eigenvalue weighted by molar-refractivity contribution is 5.87. The minimum atomic E-state index is 0.173. The van der Waals surface area contributed by atoms with Gasteiger partial charge in [-0.1, -0.05) is 6.08 Å². The van der Waals surface area contributed by atoms with Gasteiger partial charge in [0, 0.05) is 32.7 Å². The Balaban J connectivity index is 1.78. The van der Waals surface area contributed by atoms with Crippen LogP contribution in [-0.4, -0.2) is 50.1 Å². The van der Waals surface area contributed by atoms with Gasteiger partial charge in [0.05, 0.1) is 0 Å². The molecule has 4 nitrogen and oxygen atoms in total. The summed E-state index contributed by atoms with van der Waals surface area (Å²) in [6.07, 6.45) is 6.27. The van der Waals surface area contributed by atoms with Crippen molar-refractivity contribution < 1.29 is 4.79 Å². The maximum atomic E-state index is 11.8. The molecule has 1 atom stereocenters. The van der Waals surface area contributed by atoms with Crippen molar-refractivity contribution in [3.8, 4) is 0 Å². The molecule has 90 valence electrons. The minimum absolute atomic E-state index is 0.173. The fourth-order valence-electron chi connectivity index (χ4n) is 2.25. The summed E-state index contributed by atoms with van der Waals surface area (Å²) < 4.78 is 0. The lowest BCUT2D eigenvalue weighted by Crippen LogP contribution is -2.45. The second-order valence-electron chi connectivity index (χ2n) is 4.54. The van der Waals surface area contributed by atoms with Crippen molar-refractivity contribution in [1.82, 2.24) is 15.5 Å². The van der Waals surface area contributed by atoms with Gasteiger partial charge in [-0.25, -0.2) is 0 Å². The monoisotopic (exact) mass is 223 g/mol. The van der Waals surface area contributed by atoms with Crippen molar-refractivity contribution in [3.05, 3.63) is 12.2 Å². The van der Waals surface area contributed by atoms with Crippen LogP contribution < -0.4 is 10.6 Å². The fraction of sp³-hybridized carbons (Fsp3) is 0.750. The standard InChI is InChI=1S/C12H21N3O/c16-12(15-8-6-13-7-9-15)4-3-11-2-1-5-14-10-11/h3-4,11,13-14H,1-2,5-10H2/b4-3+. The molecule has 0 bridgehead atoms. The lowest BCUT2D eigenvalue weighted by molar-refractivity contribution is -0.126. The van der Waals surface area contributed by atoms with E-state index >= 15 is 0 Å². The normalized spacial score (nSPS) is 27.2. The molecular formula is C12H21N3O. The van der Waals surface area contributed by atoms with Gasteiger partial charge in [-0.05, 0) is 31.4 Å². The zero-order chi connectivity index (χ0) is 11.2. The quantitative estimate of drug-likeness (QED) is 0.646. The number of nitrogens with one attached hydrogen (secondary N) is 2. The van der Waals surface area contributed by atoms with E-state index in [1.807, 2.05) is 4.90 Å². The van der Waals surface area contributed by atoms with Crippen molar-refractivity contribution in [1.29, 1.82) is 0 Å². The lowest BCUT2D eigenvalue weighted by Gasteiger charge is -2.26. The number of hydrogen-bond donors (Lipinski definition) is 2. The van der Waals surface area contributed by atoms with Crippen LogP contribution in [0.25, 0.3) is 0 Å². The first kappa shape index (κ1) is 11.6. The Morgan fingerprint density at radius 2 is 2.00 bits per heavy atom. The van der Waals surface area contributed by atoms with E-state index in [4.69, 9.17) is 0 Å². The van der Waals surface area contributed by atoms with Gasteiger partial charge >= 0.3 is 0 Å². The van der Waals surface area contributed by atoms with Crippen LogP contribution in [-0.2, 0) is 4.79 Å². The molecule has 0 spiro atoms. The summed E-state index contributed by atoms with van der Waals surface area (Å²) in [4.78, 5) is 13.8. The molecule has 0 aromatic heterocycles. The van der Waals surface area contributed by atoms with Gasteiger partial charge in [-0.3, -0.25) is 4.79 Å². The zero-order valence-corrected chi connectivity index (χ0v) is 9.74. The van der Waals surface area contributed by atoms with Gasteiger partial charge in [-0.15, -0.1) is 0 Å². The molecule has 16 heavy (non-hydrogen) atoms. The molecule has 0 aliphatic carbocycles. The van der Waals surface area contributed by atoms with Crippen molar-refractivity contribution in [3.63, 3.8) is 0 Å². The Kier molecular flexibility index (Phi) is 4.36. The molecule has 1 unspecified atom stereocenters. The number of piperidine rings is 1. The summed E-state index contributed by atoms with van der Waals surface area (Å²) in [5.41, 5.74) is 0. The highest BCUT2D eigenvalue weighted by atomic mass is 16.2. The second kappa shape index (κ2) is 6.01. The van der Waals surface area contributed by atoms with Gasteiger partial charge in [0.2, 0.25) is 5.91 Å². The number of amides is 1. The van der Waals surface area contributed by atoms with Gasteiger partial charge in [0.1, 0.15) is 0 Å². The number of nitrogens with zero attached hydrogens (tertiary/aromatic N) is 1. The third-order valence-electron chi connectivity index (χ3n) is 3.27. The Hall–Kier alpha value is -0.870. The molecule has 2 N–H and O–H groups in total. The predicted octanol–water partition coefficient (Wildman–Crippen LogP) is -0.0260. The third-order valence-corrected chi connectivity index (χ3v) is 3.27. The first-order chi connectivity index (χ1) is 7.86. The van der Waals surface area contributed by atoms with E-state index in [1.54, 1.807) is 6.08 Å². The first-order valence-corrected chi connectivity index (χ1v) is 6.25. The number of piperazine rings is 1. The van der Waals surface area contributed by atoms with E-state index in [0.29, 0.717) is 5.92 Å². The zero-order valence-electron chi connectivity index (χ0n) is 9.74. The van der Waals surface area contributed by atoms with Gasteiger partial charge < -0.3 is 15.5 Å². The van der Waals surface area contributed by atoms with Gasteiger partial charge in [0.25, 0.3) is 0 Å². The molecule has 2 rings (SSSR count). The largest absolute Gasteiger partial charge is 0.337 e. The first-order valence-electron chi connectivity index (χ1n) is 6.25. The van der Waals surface area contributed by atoms with Crippen LogP contribution in [0.4, 0.5) is 0 Å². The molecule has 2 saturated heterocycles. The molecule has 2 fully saturated rings. The second-order valence-corrected chi connectivity index (χ2v) is 4.54. The van der Waals surface area contributed by atoms with E-state index in [0.717, 1.165) is 39.3 Å². The molecule has 2 heterocycles. The smallest absolute Gasteiger partial charge is 0.246 e. The lowest BCUT2D eigenvalue weighted by atomic mass is 9.99. The average Bonchev–Trinajstić information content (AvgIpc) is 2.38. The van der Waals surface area contributed by atoms with E-state index in [1.165, 1.54) is 12.8 Å². The number of carbonyl (C=O) groups is 1. The summed E-state index contributed by atoms with van der Waals surface area (Å²) in [5.74, 6) is 0.715. The predicted molar refractivity (Wildman–Crippen MR) is 64.2 cm³/mol. The summed E-state index contributed by atoms with van der Waals surface area (Å²) in [6.45, 7) is 5.66. The Morgan fingerprint density at radius 1 is 1.19 bits per heavy atom. The Labute approximate surface area is 97.1 Å². The maximum absolute atomic E-state index is 11.8. The number of hydrogen-bond acceptors (Lipinski definition) is 3. The van der Waals surface area contributed by atoms with E-state index < -0.39 is 0 Å². The Morgan fingerprint density at radius 3 is 2.69 bits per heavy atom. The molecule has 4 heteroatoms. The maximum Gasteiger partial charge on any atom is 0.246 e. The van der Waals surface area contributed by atoms with E-state index in [9.17, 15) is 4.79 Å². The molecule has 2 aliphatic rings. The average molecular weight is 223 g/mol. The molecule has 0 radical (unpaired) electrons. The van der Waals surface area contributed by atoms with Crippen molar-refractivity contribution in [2.75, 3.05) is 39.3 Å². The van der Waals surface area contributed by atoms with Crippen LogP contribution in [0.2, 0.25) is 0 Å². The Bertz CT molecular complexity index is 253. The summed E-state index contributed by atoms with van der Waals surface area (Å²) in [6, 6.07) is 0. The fourth-order valence-corrected chi connectivity index (χ4v) is 2.25. The minimum Gasteiger partial charge on any atom is -0.337 e. The van der Waals surface area contributed by atoms with Crippen LogP contribution in [0.1, 0.15) is 12.8 Å². The topological polar surface area (TPSA) is 44.4 Å².